The van der Waals surface area contributed by atoms with E-state index in [0.29, 0.717) is 0 Å². The van der Waals surface area contributed by atoms with Gasteiger partial charge in [-0.15, -0.1) is 0 Å². The molecule has 0 aromatic heterocycles. The van der Waals surface area contributed by atoms with Crippen molar-refractivity contribution in [3.05, 3.63) is 0 Å². The van der Waals surface area contributed by atoms with Crippen LogP contribution in [0.15, 0.2) is 0 Å². The third-order valence-electron chi connectivity index (χ3n) is 0. The van der Waals surface area contributed by atoms with E-state index in [0.717, 1.165) is 0 Å². The van der Waals surface area contributed by atoms with E-state index in [1.807, 2.05) is 0 Å². The van der Waals surface area contributed by atoms with Crippen molar-refractivity contribution in [1.29, 1.82) is 0 Å². The maximum absolute atomic E-state index is 8.61. The first-order valence-electron chi connectivity index (χ1n) is 0.730. The fourth-order valence-corrected chi connectivity index (χ4v) is 0. The molecule has 0 aromatic rings. The predicted molar refractivity (Wildman–Crippen MR) is 19.2 cm³/mol. The molecule has 0 aliphatic rings. The average Bonchev–Trinajstić information content (AvgIpc) is 0.722. The molecule has 0 amide bonds. The summed E-state index contributed by atoms with van der Waals surface area (Å²) in [6.45, 7) is 0. The minimum atomic E-state index is -5.88. The Morgan fingerprint density at radius 3 is 1.12 bits per heavy atom. The van der Waals surface area contributed by atoms with Gasteiger partial charge in [0.05, 0.1) is 0 Å². The summed E-state index contributed by atoms with van der Waals surface area (Å²) >= 11 is -5.88. The quantitative estimate of drug-likeness (QED) is 0.443. The van der Waals surface area contributed by atoms with Crippen molar-refractivity contribution < 1.29 is 33.1 Å². The molecule has 0 atom stereocenters. The molecule has 8 heavy (non-hydrogen) atoms. The van der Waals surface area contributed by atoms with Crippen molar-refractivity contribution in [2.75, 3.05) is 0 Å². The zero-order valence-corrected chi connectivity index (χ0v) is 6.41. The van der Waals surface area contributed by atoms with Crippen LogP contribution < -0.4 is 18.4 Å². The van der Waals surface area contributed by atoms with Crippen LogP contribution in [0.4, 0.5) is 0 Å². The molecule has 0 aliphatic heterocycles. The van der Waals surface area contributed by atoms with Gasteiger partial charge in [-0.2, -0.15) is 0 Å². The fourth-order valence-electron chi connectivity index (χ4n) is 0. The normalized spacial score (nSPS) is 7.38. The molecule has 0 aromatic carbocycles. The summed E-state index contributed by atoms with van der Waals surface area (Å²) in [6.07, 6.45) is 0. The largest absolute Gasteiger partial charge is 2.00 e. The Balaban J connectivity index is -0.0000000267. The minimum absolute atomic E-state index is 0. The van der Waals surface area contributed by atoms with Gasteiger partial charge in [0.15, 0.2) is 0 Å². The second-order valence-electron chi connectivity index (χ2n) is 0.447. The van der Waals surface area contributed by atoms with Crippen LogP contribution in [-0.2, 0) is 20.8 Å². The van der Waals surface area contributed by atoms with Crippen molar-refractivity contribution in [2.24, 2.45) is 0 Å². The Labute approximate surface area is 61.5 Å². The summed E-state index contributed by atoms with van der Waals surface area (Å²) in [5.74, 6) is 0. The number of hydrogen-bond acceptors (Lipinski definition) is 4. The van der Waals surface area contributed by atoms with Gasteiger partial charge in [-0.05, 0) is 0 Å². The van der Waals surface area contributed by atoms with Crippen LogP contribution in [0.1, 0.15) is 7.43 Å². The van der Waals surface area contributed by atoms with E-state index >= 15 is 0 Å². The second-order valence-corrected chi connectivity index (χ2v) is 2.32. The zero-order chi connectivity index (χ0) is 4.50. The Morgan fingerprint density at radius 2 is 1.12 bits per heavy atom. The first-order chi connectivity index (χ1) is 2.00. The number of hydrogen-bond donors (Lipinski definition) is 1. The van der Waals surface area contributed by atoms with Gasteiger partial charge in [0.2, 0.25) is 0 Å². The van der Waals surface area contributed by atoms with Gasteiger partial charge in [-0.25, -0.2) is 0 Å². The number of rotatable bonds is 0. The molecule has 4 N–H and O–H groups in total. The van der Waals surface area contributed by atoms with Crippen molar-refractivity contribution in [2.45, 2.75) is 7.43 Å². The standard InChI is InChI=1S/CH4.AsH3O4.Fe.H3N/c;2-1(3,4)5;;/h1H4;(H3,2,3,4,5);;1H3/q;;+2;/p-2. The first kappa shape index (κ1) is 23.3. The zero-order valence-electron chi connectivity index (χ0n) is 3.43. The SMILES string of the molecule is C.O=[As]([O-])([O-])[O-].[Fe+2].[NH4+]. The van der Waals surface area contributed by atoms with Crippen molar-refractivity contribution in [1.82, 2.24) is 6.15 Å². The molecule has 0 aliphatic carbocycles. The maximum atomic E-state index is 8.61. The third-order valence-corrected chi connectivity index (χ3v) is 0. The maximum Gasteiger partial charge on any atom is 2.00 e. The van der Waals surface area contributed by atoms with Gasteiger partial charge in [-0.3, -0.25) is 0 Å². The van der Waals surface area contributed by atoms with Gasteiger partial charge in [-0.1, -0.05) is 7.43 Å². The van der Waals surface area contributed by atoms with Gasteiger partial charge >= 0.3 is 47.6 Å². The smallest absolute Gasteiger partial charge is 0.369 e. The summed E-state index contributed by atoms with van der Waals surface area (Å²) in [6, 6.07) is 0. The van der Waals surface area contributed by atoms with E-state index in [2.05, 4.69) is 0 Å². The van der Waals surface area contributed by atoms with E-state index in [-0.39, 0.29) is 30.6 Å². The molecule has 0 saturated carbocycles. The van der Waals surface area contributed by atoms with E-state index in [9.17, 15) is 0 Å². The Hall–Kier alpha value is 0.718. The van der Waals surface area contributed by atoms with Gasteiger partial charge in [0.1, 0.15) is 0 Å². The van der Waals surface area contributed by atoms with Crippen LogP contribution in [0.2, 0.25) is 0 Å². The summed E-state index contributed by atoms with van der Waals surface area (Å²) < 4.78 is 34.4. The minimum Gasteiger partial charge on any atom is -0.369 e. The molecule has 7 heteroatoms. The van der Waals surface area contributed by atoms with Crippen LogP contribution >= 0.6 is 0 Å². The Morgan fingerprint density at radius 1 is 1.12 bits per heavy atom. The summed E-state index contributed by atoms with van der Waals surface area (Å²) in [5.41, 5.74) is 0. The predicted octanol–water partition coefficient (Wildman–Crippen LogP) is -3.06. The van der Waals surface area contributed by atoms with E-state index in [4.69, 9.17) is 16.0 Å². The average molecular weight is 229 g/mol. The molecule has 0 heterocycles. The Kier molecular flexibility index (Phi) is 22.5. The summed E-state index contributed by atoms with van der Waals surface area (Å²) in [4.78, 5) is 0. The molecule has 5 nitrogen and oxygen atoms in total. The van der Waals surface area contributed by atoms with Gasteiger partial charge in [0, 0.05) is 0 Å². The van der Waals surface area contributed by atoms with Crippen molar-refractivity contribution >= 4 is 14.5 Å². The van der Waals surface area contributed by atoms with Gasteiger partial charge < -0.3 is 6.15 Å². The van der Waals surface area contributed by atoms with Crippen LogP contribution in [-0.4, -0.2) is 14.5 Å². The van der Waals surface area contributed by atoms with Crippen LogP contribution in [0, 0.1) is 0 Å². The topological polar surface area (TPSA) is 123 Å². The molecule has 54 valence electrons. The van der Waals surface area contributed by atoms with E-state index in [1.165, 1.54) is 0 Å². The summed E-state index contributed by atoms with van der Waals surface area (Å²) in [7, 11) is 0. The molecule has 0 spiro atoms. The molecule has 0 unspecified atom stereocenters. The van der Waals surface area contributed by atoms with Crippen LogP contribution in [0.5, 0.6) is 0 Å². The van der Waals surface area contributed by atoms with E-state index < -0.39 is 14.5 Å². The summed E-state index contributed by atoms with van der Waals surface area (Å²) in [5, 5.41) is 0. The molecular formula is CH8AsFeNO4. The second kappa shape index (κ2) is 7.72. The molecule has 0 rings (SSSR count). The van der Waals surface area contributed by atoms with Crippen LogP contribution in [0.25, 0.3) is 0 Å². The molecular weight excluding hydrogens is 221 g/mol. The fraction of sp³-hybridized carbons (Fsp3) is 1.00. The van der Waals surface area contributed by atoms with Crippen molar-refractivity contribution in [3.8, 4) is 0 Å². The molecule has 0 fully saturated rings. The van der Waals surface area contributed by atoms with E-state index in [1.54, 1.807) is 0 Å². The van der Waals surface area contributed by atoms with Crippen LogP contribution in [0.3, 0.4) is 0 Å². The third kappa shape index (κ3) is 426. The molecule has 0 bridgehead atoms. The molecule has 0 radical (unpaired) electrons. The Bertz CT molecular complexity index is 62.2. The number of quaternary nitrogens is 1. The van der Waals surface area contributed by atoms with Crippen molar-refractivity contribution in [3.63, 3.8) is 0 Å². The molecule has 0 saturated heterocycles. The monoisotopic (exact) mass is 229 g/mol. The first-order valence-corrected chi connectivity index (χ1v) is 3.79. The van der Waals surface area contributed by atoms with Gasteiger partial charge in [0.25, 0.3) is 0 Å².